The third kappa shape index (κ3) is 4.11. The Morgan fingerprint density at radius 1 is 1.33 bits per heavy atom. The fourth-order valence-electron chi connectivity index (χ4n) is 1.88. The van der Waals surface area contributed by atoms with Crippen molar-refractivity contribution in [3.63, 3.8) is 0 Å². The van der Waals surface area contributed by atoms with Crippen molar-refractivity contribution in [3.05, 3.63) is 0 Å². The Kier molecular flexibility index (Phi) is 5.06. The third-order valence-corrected chi connectivity index (χ3v) is 3.38. The number of likely N-dealkylation sites (tertiary alicyclic amines) is 1. The lowest BCUT2D eigenvalue weighted by atomic mass is 10.0. The van der Waals surface area contributed by atoms with Gasteiger partial charge in [-0.25, -0.2) is 0 Å². The van der Waals surface area contributed by atoms with Crippen LogP contribution < -0.4 is 5.32 Å². The lowest BCUT2D eigenvalue weighted by molar-refractivity contribution is -0.121. The first-order valence-corrected chi connectivity index (χ1v) is 6.60. The van der Waals surface area contributed by atoms with E-state index in [4.69, 9.17) is 0 Å². The number of piperidine rings is 1. The number of carbonyl (C=O) groups is 1. The lowest BCUT2D eigenvalue weighted by Gasteiger charge is -2.35. The van der Waals surface area contributed by atoms with Gasteiger partial charge in [-0.2, -0.15) is 0 Å². The van der Waals surface area contributed by atoms with E-state index in [1.807, 2.05) is 6.92 Å². The van der Waals surface area contributed by atoms with Gasteiger partial charge in [0.05, 0.1) is 4.83 Å². The number of carbonyl (C=O) groups excluding carboxylic acids is 1. The van der Waals surface area contributed by atoms with E-state index < -0.39 is 0 Å². The monoisotopic (exact) mass is 276 g/mol. The smallest absolute Gasteiger partial charge is 0.233 e. The topological polar surface area (TPSA) is 32.3 Å². The van der Waals surface area contributed by atoms with Gasteiger partial charge in [-0.05, 0) is 33.6 Å². The first-order chi connectivity index (χ1) is 7.00. The van der Waals surface area contributed by atoms with E-state index in [2.05, 4.69) is 40.0 Å². The Morgan fingerprint density at radius 3 is 2.27 bits per heavy atom. The molecule has 1 N–H and O–H groups in total. The number of alkyl halides is 1. The molecule has 0 saturated carbocycles. The normalized spacial score (nSPS) is 21.7. The van der Waals surface area contributed by atoms with Gasteiger partial charge >= 0.3 is 0 Å². The predicted octanol–water partition coefficient (Wildman–Crippen LogP) is 1.76. The Balaban J connectivity index is 2.29. The van der Waals surface area contributed by atoms with Crippen LogP contribution in [-0.4, -0.2) is 40.8 Å². The van der Waals surface area contributed by atoms with E-state index in [-0.39, 0.29) is 10.7 Å². The SMILES string of the molecule is CC(Br)C(=O)NC1CCN(C(C)C)CC1. The Morgan fingerprint density at radius 2 is 1.87 bits per heavy atom. The van der Waals surface area contributed by atoms with Crippen molar-refractivity contribution in [1.82, 2.24) is 10.2 Å². The molecule has 1 aliphatic rings. The molecule has 88 valence electrons. The molecule has 0 aromatic carbocycles. The highest BCUT2D eigenvalue weighted by molar-refractivity contribution is 9.10. The molecule has 15 heavy (non-hydrogen) atoms. The maximum Gasteiger partial charge on any atom is 0.233 e. The highest BCUT2D eigenvalue weighted by Crippen LogP contribution is 2.13. The molecule has 1 amide bonds. The Hall–Kier alpha value is -0.0900. The van der Waals surface area contributed by atoms with Crippen molar-refractivity contribution in [2.24, 2.45) is 0 Å². The highest BCUT2D eigenvalue weighted by atomic mass is 79.9. The van der Waals surface area contributed by atoms with Crippen molar-refractivity contribution in [3.8, 4) is 0 Å². The lowest BCUT2D eigenvalue weighted by Crippen LogP contribution is -2.47. The predicted molar refractivity (Wildman–Crippen MR) is 66.3 cm³/mol. The molecule has 0 spiro atoms. The summed E-state index contributed by atoms with van der Waals surface area (Å²) in [6.07, 6.45) is 2.15. The summed E-state index contributed by atoms with van der Waals surface area (Å²) < 4.78 is 0. The molecule has 4 heteroatoms. The number of hydrogen-bond acceptors (Lipinski definition) is 2. The summed E-state index contributed by atoms with van der Waals surface area (Å²) in [5.74, 6) is 0.109. The van der Waals surface area contributed by atoms with Gasteiger partial charge in [0.15, 0.2) is 0 Å². The van der Waals surface area contributed by atoms with Gasteiger partial charge < -0.3 is 10.2 Å². The molecule has 0 aromatic heterocycles. The summed E-state index contributed by atoms with van der Waals surface area (Å²) in [5.41, 5.74) is 0. The minimum Gasteiger partial charge on any atom is -0.352 e. The molecule has 1 aliphatic heterocycles. The molecule has 0 bridgehead atoms. The second kappa shape index (κ2) is 5.85. The first-order valence-electron chi connectivity index (χ1n) is 5.69. The van der Waals surface area contributed by atoms with Crippen LogP contribution in [0.1, 0.15) is 33.6 Å². The Labute approximate surface area is 101 Å². The summed E-state index contributed by atoms with van der Waals surface area (Å²) in [5, 5.41) is 3.07. The molecule has 0 aromatic rings. The van der Waals surface area contributed by atoms with E-state index in [9.17, 15) is 4.79 Å². The van der Waals surface area contributed by atoms with Crippen molar-refractivity contribution in [2.75, 3.05) is 13.1 Å². The molecule has 1 saturated heterocycles. The van der Waals surface area contributed by atoms with Gasteiger partial charge in [-0.1, -0.05) is 15.9 Å². The molecule has 0 aliphatic carbocycles. The van der Waals surface area contributed by atoms with Crippen LogP contribution in [0.2, 0.25) is 0 Å². The van der Waals surface area contributed by atoms with E-state index in [0.717, 1.165) is 25.9 Å². The zero-order valence-corrected chi connectivity index (χ0v) is 11.4. The van der Waals surface area contributed by atoms with Gasteiger partial charge in [-0.3, -0.25) is 4.79 Å². The second-order valence-electron chi connectivity index (χ2n) is 4.53. The van der Waals surface area contributed by atoms with Crippen molar-refractivity contribution in [2.45, 2.75) is 50.5 Å². The minimum atomic E-state index is -0.0828. The minimum absolute atomic E-state index is 0.0828. The summed E-state index contributed by atoms with van der Waals surface area (Å²) in [6, 6.07) is 0.990. The zero-order valence-electron chi connectivity index (χ0n) is 9.79. The summed E-state index contributed by atoms with van der Waals surface area (Å²) in [6.45, 7) is 8.50. The van der Waals surface area contributed by atoms with Gasteiger partial charge in [0.1, 0.15) is 0 Å². The number of halogens is 1. The number of amides is 1. The van der Waals surface area contributed by atoms with Crippen LogP contribution in [0.5, 0.6) is 0 Å². The average molecular weight is 277 g/mol. The van der Waals surface area contributed by atoms with Gasteiger partial charge in [0.2, 0.25) is 5.91 Å². The molecule has 1 heterocycles. The molecule has 1 atom stereocenters. The fourth-order valence-corrected chi connectivity index (χ4v) is 2.01. The molecule has 3 nitrogen and oxygen atoms in total. The van der Waals surface area contributed by atoms with Crippen LogP contribution >= 0.6 is 15.9 Å². The largest absolute Gasteiger partial charge is 0.352 e. The average Bonchev–Trinajstić information content (AvgIpc) is 2.18. The fraction of sp³-hybridized carbons (Fsp3) is 0.909. The van der Waals surface area contributed by atoms with Crippen LogP contribution in [0.15, 0.2) is 0 Å². The molecule has 1 unspecified atom stereocenters. The van der Waals surface area contributed by atoms with Crippen LogP contribution in [0.4, 0.5) is 0 Å². The van der Waals surface area contributed by atoms with Crippen LogP contribution in [-0.2, 0) is 4.79 Å². The molecule has 1 fully saturated rings. The van der Waals surface area contributed by atoms with Crippen LogP contribution in [0, 0.1) is 0 Å². The van der Waals surface area contributed by atoms with Crippen molar-refractivity contribution < 1.29 is 4.79 Å². The van der Waals surface area contributed by atoms with Crippen molar-refractivity contribution >= 4 is 21.8 Å². The third-order valence-electron chi connectivity index (χ3n) is 2.97. The standard InChI is InChI=1S/C11H21BrN2O/c1-8(2)14-6-4-10(5-7-14)13-11(15)9(3)12/h8-10H,4-7H2,1-3H3,(H,13,15). The van der Waals surface area contributed by atoms with E-state index in [0.29, 0.717) is 12.1 Å². The first kappa shape index (κ1) is 13.0. The molecule has 1 rings (SSSR count). The number of nitrogens with one attached hydrogen (secondary N) is 1. The second-order valence-corrected chi connectivity index (χ2v) is 5.90. The molecular formula is C11H21BrN2O. The number of rotatable bonds is 3. The van der Waals surface area contributed by atoms with Gasteiger partial charge in [-0.15, -0.1) is 0 Å². The van der Waals surface area contributed by atoms with E-state index in [1.165, 1.54) is 0 Å². The van der Waals surface area contributed by atoms with Gasteiger partial charge in [0.25, 0.3) is 0 Å². The quantitative estimate of drug-likeness (QED) is 0.797. The summed E-state index contributed by atoms with van der Waals surface area (Å²) >= 11 is 3.28. The van der Waals surface area contributed by atoms with Crippen LogP contribution in [0.3, 0.4) is 0 Å². The maximum atomic E-state index is 11.5. The zero-order chi connectivity index (χ0) is 11.4. The highest BCUT2D eigenvalue weighted by Gasteiger charge is 2.22. The Bertz CT molecular complexity index is 211. The molecule has 0 radical (unpaired) electrons. The van der Waals surface area contributed by atoms with Crippen LogP contribution in [0.25, 0.3) is 0 Å². The van der Waals surface area contributed by atoms with Gasteiger partial charge in [0, 0.05) is 25.2 Å². The maximum absolute atomic E-state index is 11.5. The van der Waals surface area contributed by atoms with E-state index in [1.54, 1.807) is 0 Å². The number of nitrogens with zero attached hydrogens (tertiary/aromatic N) is 1. The number of hydrogen-bond donors (Lipinski definition) is 1. The summed E-state index contributed by atoms with van der Waals surface area (Å²) in [4.78, 5) is 13.8. The molecular weight excluding hydrogens is 256 g/mol. The summed E-state index contributed by atoms with van der Waals surface area (Å²) in [7, 11) is 0. The van der Waals surface area contributed by atoms with Crippen molar-refractivity contribution in [1.29, 1.82) is 0 Å². The van der Waals surface area contributed by atoms with E-state index >= 15 is 0 Å².